The third kappa shape index (κ3) is 5.67. The Labute approximate surface area is 151 Å². The lowest BCUT2D eigenvalue weighted by molar-refractivity contribution is -0.138. The fourth-order valence-electron chi connectivity index (χ4n) is 2.08. The Morgan fingerprint density at radius 3 is 2.64 bits per heavy atom. The van der Waals surface area contributed by atoms with Crippen LogP contribution in [0, 0.1) is 0 Å². The number of amides is 1. The Balaban J connectivity index is 1.89. The fraction of sp³-hybridized carbons (Fsp3) is 0.235. The normalized spacial score (nSPS) is 11.1. The third-order valence-corrected chi connectivity index (χ3v) is 4.04. The second-order valence-corrected chi connectivity index (χ2v) is 6.03. The molecular weight excluding hydrogens is 401 g/mol. The predicted octanol–water partition coefficient (Wildman–Crippen LogP) is 4.20. The Morgan fingerprint density at radius 2 is 1.96 bits per heavy atom. The predicted molar refractivity (Wildman–Crippen MR) is 92.5 cm³/mol. The lowest BCUT2D eigenvalue weighted by Gasteiger charge is -2.13. The molecule has 0 aromatic heterocycles. The highest BCUT2D eigenvalue weighted by molar-refractivity contribution is 9.10. The maximum Gasteiger partial charge on any atom is 0.417 e. The van der Waals surface area contributed by atoms with Crippen LogP contribution in [0.5, 0.6) is 5.75 Å². The van der Waals surface area contributed by atoms with Crippen LogP contribution in [0.1, 0.15) is 11.1 Å². The van der Waals surface area contributed by atoms with Gasteiger partial charge in [0.05, 0.1) is 19.2 Å². The molecule has 0 atom stereocenters. The first-order valence-corrected chi connectivity index (χ1v) is 8.09. The van der Waals surface area contributed by atoms with Crippen LogP contribution < -0.4 is 15.4 Å². The molecule has 0 saturated heterocycles. The first-order chi connectivity index (χ1) is 11.8. The van der Waals surface area contributed by atoms with E-state index in [0.29, 0.717) is 12.3 Å². The van der Waals surface area contributed by atoms with Crippen molar-refractivity contribution in [1.82, 2.24) is 5.32 Å². The zero-order chi connectivity index (χ0) is 18.4. The number of rotatable bonds is 6. The highest BCUT2D eigenvalue weighted by atomic mass is 79.9. The number of methoxy groups -OCH3 is 1. The number of ether oxygens (including phenoxy) is 1. The van der Waals surface area contributed by atoms with Gasteiger partial charge >= 0.3 is 6.18 Å². The van der Waals surface area contributed by atoms with Gasteiger partial charge in [-0.2, -0.15) is 13.2 Å². The highest BCUT2D eigenvalue weighted by Crippen LogP contribution is 2.36. The number of carbonyl (C=O) groups is 1. The quantitative estimate of drug-likeness (QED) is 0.741. The molecular formula is C17H16BrF3N2O2. The summed E-state index contributed by atoms with van der Waals surface area (Å²) in [5, 5.41) is 5.37. The number of benzene rings is 2. The molecule has 8 heteroatoms. The maximum absolute atomic E-state index is 12.9. The number of halogens is 4. The second-order valence-electron chi connectivity index (χ2n) is 5.17. The molecule has 0 radical (unpaired) electrons. The molecule has 0 aliphatic carbocycles. The molecule has 0 heterocycles. The van der Waals surface area contributed by atoms with E-state index >= 15 is 0 Å². The van der Waals surface area contributed by atoms with Crippen LogP contribution in [0.15, 0.2) is 46.9 Å². The van der Waals surface area contributed by atoms with Crippen molar-refractivity contribution in [2.24, 2.45) is 0 Å². The minimum absolute atomic E-state index is 0.0481. The van der Waals surface area contributed by atoms with Crippen molar-refractivity contribution in [3.8, 4) is 5.75 Å². The van der Waals surface area contributed by atoms with Gasteiger partial charge in [-0.15, -0.1) is 0 Å². The van der Waals surface area contributed by atoms with E-state index in [9.17, 15) is 18.0 Å². The van der Waals surface area contributed by atoms with Crippen LogP contribution in [0.2, 0.25) is 0 Å². The molecule has 0 aliphatic rings. The number of carbonyl (C=O) groups excluding carboxylic acids is 1. The molecule has 0 spiro atoms. The summed E-state index contributed by atoms with van der Waals surface area (Å²) in [5.41, 5.74) is 0.275. The second kappa shape index (κ2) is 8.24. The summed E-state index contributed by atoms with van der Waals surface area (Å²) in [6, 6.07) is 10.9. The molecule has 0 saturated carbocycles. The smallest absolute Gasteiger partial charge is 0.417 e. The van der Waals surface area contributed by atoms with E-state index < -0.39 is 11.7 Å². The summed E-state index contributed by atoms with van der Waals surface area (Å²) in [7, 11) is 1.55. The lowest BCUT2D eigenvalue weighted by Crippen LogP contribution is -2.29. The van der Waals surface area contributed by atoms with Crippen molar-refractivity contribution in [2.45, 2.75) is 12.7 Å². The van der Waals surface area contributed by atoms with E-state index in [0.717, 1.165) is 11.6 Å². The van der Waals surface area contributed by atoms with Crippen molar-refractivity contribution < 1.29 is 22.7 Å². The summed E-state index contributed by atoms with van der Waals surface area (Å²) in [5.74, 6) is 0.346. The lowest BCUT2D eigenvalue weighted by atomic mass is 10.2. The molecule has 0 fully saturated rings. The van der Waals surface area contributed by atoms with Crippen LogP contribution in [-0.4, -0.2) is 19.6 Å². The van der Waals surface area contributed by atoms with E-state index in [1.165, 1.54) is 12.1 Å². The third-order valence-electron chi connectivity index (χ3n) is 3.35. The van der Waals surface area contributed by atoms with E-state index in [-0.39, 0.29) is 22.6 Å². The van der Waals surface area contributed by atoms with Gasteiger partial charge in [-0.05, 0) is 35.9 Å². The molecule has 25 heavy (non-hydrogen) atoms. The highest BCUT2D eigenvalue weighted by Gasteiger charge is 2.33. The van der Waals surface area contributed by atoms with E-state index in [1.54, 1.807) is 25.3 Å². The molecule has 134 valence electrons. The summed E-state index contributed by atoms with van der Waals surface area (Å²) in [6.45, 7) is 0.161. The Bertz CT molecular complexity index is 751. The summed E-state index contributed by atoms with van der Waals surface area (Å²) < 4.78 is 43.6. The van der Waals surface area contributed by atoms with E-state index in [2.05, 4.69) is 26.6 Å². The number of anilines is 1. The minimum atomic E-state index is -4.47. The zero-order valence-electron chi connectivity index (χ0n) is 13.3. The van der Waals surface area contributed by atoms with Gasteiger partial charge in [0.2, 0.25) is 5.91 Å². The number of hydrogen-bond donors (Lipinski definition) is 2. The monoisotopic (exact) mass is 416 g/mol. The molecule has 0 aliphatic heterocycles. The fourth-order valence-corrected chi connectivity index (χ4v) is 2.55. The van der Waals surface area contributed by atoms with E-state index in [4.69, 9.17) is 4.74 Å². The van der Waals surface area contributed by atoms with Gasteiger partial charge in [-0.25, -0.2) is 0 Å². The average Bonchev–Trinajstić information content (AvgIpc) is 2.58. The molecule has 1 amide bonds. The number of nitrogens with one attached hydrogen (secondary N) is 2. The number of alkyl halides is 3. The Hall–Kier alpha value is -2.22. The van der Waals surface area contributed by atoms with Gasteiger partial charge < -0.3 is 15.4 Å². The molecule has 0 bridgehead atoms. The molecule has 4 nitrogen and oxygen atoms in total. The van der Waals surface area contributed by atoms with Crippen LogP contribution in [0.3, 0.4) is 0 Å². The minimum Gasteiger partial charge on any atom is -0.497 e. The van der Waals surface area contributed by atoms with Gasteiger partial charge in [0, 0.05) is 16.7 Å². The van der Waals surface area contributed by atoms with Crippen molar-refractivity contribution in [3.05, 3.63) is 58.1 Å². The van der Waals surface area contributed by atoms with Crippen molar-refractivity contribution in [2.75, 3.05) is 19.0 Å². The summed E-state index contributed by atoms with van der Waals surface area (Å²) in [6.07, 6.45) is -4.47. The van der Waals surface area contributed by atoms with Crippen molar-refractivity contribution in [3.63, 3.8) is 0 Å². The summed E-state index contributed by atoms with van der Waals surface area (Å²) >= 11 is 2.87. The largest absolute Gasteiger partial charge is 0.497 e. The molecule has 2 aromatic rings. The van der Waals surface area contributed by atoms with Gasteiger partial charge in [0.15, 0.2) is 0 Å². The van der Waals surface area contributed by atoms with Crippen LogP contribution in [-0.2, 0) is 17.5 Å². The van der Waals surface area contributed by atoms with Gasteiger partial charge in [-0.3, -0.25) is 4.79 Å². The molecule has 2 N–H and O–H groups in total. The van der Waals surface area contributed by atoms with Crippen LogP contribution in [0.25, 0.3) is 0 Å². The maximum atomic E-state index is 12.9. The van der Waals surface area contributed by atoms with Crippen LogP contribution >= 0.6 is 15.9 Å². The van der Waals surface area contributed by atoms with Crippen molar-refractivity contribution >= 4 is 27.5 Å². The first kappa shape index (κ1) is 19.1. The van der Waals surface area contributed by atoms with Gasteiger partial charge in [-0.1, -0.05) is 28.1 Å². The topological polar surface area (TPSA) is 50.4 Å². The Morgan fingerprint density at radius 1 is 1.20 bits per heavy atom. The number of hydrogen-bond acceptors (Lipinski definition) is 3. The molecule has 2 aromatic carbocycles. The average molecular weight is 417 g/mol. The molecule has 0 unspecified atom stereocenters. The van der Waals surface area contributed by atoms with Crippen LogP contribution in [0.4, 0.5) is 18.9 Å². The van der Waals surface area contributed by atoms with Gasteiger partial charge in [0.1, 0.15) is 5.75 Å². The molecule has 2 rings (SSSR count). The Kier molecular flexibility index (Phi) is 6.30. The SMILES string of the molecule is COc1cccc(CNC(=O)CNc2ccc(Br)c(C(F)(F)F)c2)c1. The standard InChI is InChI=1S/C17H16BrF3N2O2/c1-25-13-4-2-3-11(7-13)9-23-16(24)10-22-12-5-6-15(18)14(8-12)17(19,20)21/h2-8,22H,9-10H2,1H3,(H,23,24). The van der Waals surface area contributed by atoms with Crippen molar-refractivity contribution in [1.29, 1.82) is 0 Å². The van der Waals surface area contributed by atoms with Gasteiger partial charge in [0.25, 0.3) is 0 Å². The zero-order valence-corrected chi connectivity index (χ0v) is 14.9. The first-order valence-electron chi connectivity index (χ1n) is 7.30. The summed E-state index contributed by atoms with van der Waals surface area (Å²) in [4.78, 5) is 11.9. The van der Waals surface area contributed by atoms with E-state index in [1.807, 2.05) is 6.07 Å².